The SMILES string of the molecule is Cc1ccc(C[N+]2(C=O)C(=NN)Sc3ccccc32)cc1. The van der Waals surface area contributed by atoms with Crippen LogP contribution >= 0.6 is 11.8 Å². The van der Waals surface area contributed by atoms with Crippen LogP contribution in [-0.4, -0.2) is 11.6 Å². The first-order valence-electron chi connectivity index (χ1n) is 6.65. The minimum Gasteiger partial charge on any atom is -0.317 e. The molecule has 0 aromatic heterocycles. The van der Waals surface area contributed by atoms with Gasteiger partial charge in [-0.3, -0.25) is 0 Å². The third-order valence-electron chi connectivity index (χ3n) is 3.68. The van der Waals surface area contributed by atoms with Gasteiger partial charge in [0.05, 0.1) is 4.90 Å². The van der Waals surface area contributed by atoms with Crippen LogP contribution in [0.4, 0.5) is 5.69 Å². The summed E-state index contributed by atoms with van der Waals surface area (Å²) in [6, 6.07) is 16.0. The molecule has 0 bridgehead atoms. The molecule has 0 saturated heterocycles. The summed E-state index contributed by atoms with van der Waals surface area (Å²) in [7, 11) is 0. The van der Waals surface area contributed by atoms with Gasteiger partial charge >= 0.3 is 6.41 Å². The van der Waals surface area contributed by atoms with E-state index in [9.17, 15) is 4.79 Å². The number of carbonyl (C=O) groups is 1. The molecule has 0 aliphatic carbocycles. The summed E-state index contributed by atoms with van der Waals surface area (Å²) in [6.07, 6.45) is 0.921. The van der Waals surface area contributed by atoms with Crippen molar-refractivity contribution < 1.29 is 4.79 Å². The maximum absolute atomic E-state index is 12.0. The van der Waals surface area contributed by atoms with E-state index in [1.807, 2.05) is 55.5 Å². The second-order valence-corrected chi connectivity index (χ2v) is 6.11. The van der Waals surface area contributed by atoms with Crippen LogP contribution < -0.4 is 10.3 Å². The van der Waals surface area contributed by atoms with Gasteiger partial charge in [0.25, 0.3) is 5.17 Å². The first-order valence-corrected chi connectivity index (χ1v) is 7.47. The third-order valence-corrected chi connectivity index (χ3v) is 4.86. The number of carbonyl (C=O) groups excluding carboxylic acids is 1. The quantitative estimate of drug-likeness (QED) is 0.410. The largest absolute Gasteiger partial charge is 0.317 e. The topological polar surface area (TPSA) is 55.5 Å². The molecule has 0 radical (unpaired) electrons. The predicted octanol–water partition coefficient (Wildman–Crippen LogP) is 2.99. The number of thioether (sulfide) groups is 1. The third kappa shape index (κ3) is 2.24. The summed E-state index contributed by atoms with van der Waals surface area (Å²) in [4.78, 5) is 13.0. The Kier molecular flexibility index (Phi) is 3.53. The van der Waals surface area contributed by atoms with Crippen LogP contribution in [-0.2, 0) is 11.3 Å². The predicted molar refractivity (Wildman–Crippen MR) is 86.7 cm³/mol. The first kappa shape index (κ1) is 13.9. The Labute approximate surface area is 127 Å². The monoisotopic (exact) mass is 298 g/mol. The van der Waals surface area contributed by atoms with Crippen LogP contribution in [0.3, 0.4) is 0 Å². The average Bonchev–Trinajstić information content (AvgIpc) is 2.84. The first-order chi connectivity index (χ1) is 10.2. The van der Waals surface area contributed by atoms with Crippen molar-refractivity contribution in [1.29, 1.82) is 0 Å². The zero-order valence-electron chi connectivity index (χ0n) is 11.7. The highest BCUT2D eigenvalue weighted by atomic mass is 32.2. The zero-order chi connectivity index (χ0) is 14.9. The molecule has 1 amide bonds. The number of para-hydroxylation sites is 1. The van der Waals surface area contributed by atoms with Crippen LogP contribution in [0.2, 0.25) is 0 Å². The minimum atomic E-state index is 0.0282. The molecule has 2 aromatic rings. The van der Waals surface area contributed by atoms with Crippen LogP contribution in [0.25, 0.3) is 0 Å². The fourth-order valence-corrected chi connectivity index (χ4v) is 3.66. The standard InChI is InChI=1S/C16H16N3OS/c1-12-6-8-13(9-7-12)10-19(11-20)14-4-2-3-5-15(14)21-16(19)18-17/h2-9,11H,10,17H2,1H3/q+1. The highest BCUT2D eigenvalue weighted by Crippen LogP contribution is 2.45. The van der Waals surface area contributed by atoms with Gasteiger partial charge in [0.1, 0.15) is 6.54 Å². The summed E-state index contributed by atoms with van der Waals surface area (Å²) >= 11 is 1.46. The number of hydrogen-bond donors (Lipinski definition) is 1. The molecule has 2 N–H and O–H groups in total. The van der Waals surface area contributed by atoms with E-state index in [1.54, 1.807) is 0 Å². The maximum Gasteiger partial charge on any atom is 0.313 e. The van der Waals surface area contributed by atoms with E-state index in [0.29, 0.717) is 11.7 Å². The molecule has 0 spiro atoms. The Bertz CT molecular complexity index is 712. The second-order valence-electron chi connectivity index (χ2n) is 5.10. The van der Waals surface area contributed by atoms with Gasteiger partial charge in [-0.25, -0.2) is 4.79 Å². The number of benzene rings is 2. The van der Waals surface area contributed by atoms with Crippen molar-refractivity contribution in [2.24, 2.45) is 10.9 Å². The van der Waals surface area contributed by atoms with E-state index in [2.05, 4.69) is 5.10 Å². The normalized spacial score (nSPS) is 22.2. The summed E-state index contributed by atoms with van der Waals surface area (Å²) < 4.78 is 0.0282. The van der Waals surface area contributed by atoms with E-state index in [1.165, 1.54) is 17.3 Å². The summed E-state index contributed by atoms with van der Waals surface area (Å²) in [6.45, 7) is 2.56. The zero-order valence-corrected chi connectivity index (χ0v) is 12.5. The van der Waals surface area contributed by atoms with E-state index >= 15 is 0 Å². The fourth-order valence-electron chi connectivity index (χ4n) is 2.56. The lowest BCUT2D eigenvalue weighted by Gasteiger charge is -2.25. The molecule has 0 saturated carbocycles. The van der Waals surface area contributed by atoms with Gasteiger partial charge < -0.3 is 5.84 Å². The smallest absolute Gasteiger partial charge is 0.313 e. The number of hydrogen-bond acceptors (Lipinski definition) is 4. The molecular formula is C16H16N3OS+. The Morgan fingerprint density at radius 2 is 1.90 bits per heavy atom. The van der Waals surface area contributed by atoms with Crippen LogP contribution in [0.1, 0.15) is 11.1 Å². The van der Waals surface area contributed by atoms with Crippen molar-refractivity contribution in [1.82, 2.24) is 4.48 Å². The van der Waals surface area contributed by atoms with E-state index in [-0.39, 0.29) is 4.48 Å². The average molecular weight is 298 g/mol. The molecule has 106 valence electrons. The second kappa shape index (κ2) is 5.35. The Morgan fingerprint density at radius 3 is 2.57 bits per heavy atom. The lowest BCUT2D eigenvalue weighted by Crippen LogP contribution is -2.49. The molecule has 1 aliphatic rings. The number of aryl methyl sites for hydroxylation is 1. The van der Waals surface area contributed by atoms with E-state index in [0.717, 1.165) is 22.6 Å². The molecule has 1 aliphatic heterocycles. The lowest BCUT2D eigenvalue weighted by atomic mass is 10.1. The highest BCUT2D eigenvalue weighted by Gasteiger charge is 2.46. The number of rotatable bonds is 3. The Balaban J connectivity index is 2.09. The Hall–Kier alpha value is -2.11. The molecule has 4 nitrogen and oxygen atoms in total. The van der Waals surface area contributed by atoms with Crippen molar-refractivity contribution >= 4 is 29.0 Å². The number of quaternary nitrogens is 1. The molecule has 3 rings (SSSR count). The molecule has 1 heterocycles. The van der Waals surface area contributed by atoms with Crippen LogP contribution in [0, 0.1) is 6.92 Å². The Morgan fingerprint density at radius 1 is 1.19 bits per heavy atom. The molecule has 21 heavy (non-hydrogen) atoms. The van der Waals surface area contributed by atoms with Gasteiger partial charge in [-0.2, -0.15) is 4.48 Å². The van der Waals surface area contributed by atoms with Crippen molar-refractivity contribution in [3.8, 4) is 0 Å². The molecule has 1 unspecified atom stereocenters. The van der Waals surface area contributed by atoms with Gasteiger partial charge in [-0.15, -0.1) is 5.10 Å². The number of nitrogens with two attached hydrogens (primary N) is 1. The molecule has 5 heteroatoms. The number of amidine groups is 1. The van der Waals surface area contributed by atoms with Crippen LogP contribution in [0.5, 0.6) is 0 Å². The van der Waals surface area contributed by atoms with Gasteiger partial charge in [-0.1, -0.05) is 42.0 Å². The van der Waals surface area contributed by atoms with Crippen molar-refractivity contribution in [2.75, 3.05) is 0 Å². The molecule has 2 aromatic carbocycles. The van der Waals surface area contributed by atoms with E-state index < -0.39 is 0 Å². The number of amides is 1. The van der Waals surface area contributed by atoms with Crippen LogP contribution in [0.15, 0.2) is 58.5 Å². The van der Waals surface area contributed by atoms with Gasteiger partial charge in [0.2, 0.25) is 0 Å². The maximum atomic E-state index is 12.0. The van der Waals surface area contributed by atoms with Crippen molar-refractivity contribution in [3.05, 3.63) is 59.7 Å². The highest BCUT2D eigenvalue weighted by molar-refractivity contribution is 8.14. The van der Waals surface area contributed by atoms with Crippen molar-refractivity contribution in [2.45, 2.75) is 18.4 Å². The molecule has 1 atom stereocenters. The lowest BCUT2D eigenvalue weighted by molar-refractivity contribution is -0.114. The molecule has 0 fully saturated rings. The van der Waals surface area contributed by atoms with E-state index in [4.69, 9.17) is 5.84 Å². The van der Waals surface area contributed by atoms with Gasteiger partial charge in [-0.05, 0) is 24.8 Å². The number of nitrogens with zero attached hydrogens (tertiary/aromatic N) is 2. The summed E-state index contributed by atoms with van der Waals surface area (Å²) in [5.41, 5.74) is 3.20. The number of fused-ring (bicyclic) bond motifs is 1. The summed E-state index contributed by atoms with van der Waals surface area (Å²) in [5, 5.41) is 4.46. The number of hydrazone groups is 1. The van der Waals surface area contributed by atoms with Gasteiger partial charge in [0, 0.05) is 11.6 Å². The minimum absolute atomic E-state index is 0.0282. The molecular weight excluding hydrogens is 282 g/mol. The summed E-state index contributed by atoms with van der Waals surface area (Å²) in [5.74, 6) is 5.53. The van der Waals surface area contributed by atoms with Crippen molar-refractivity contribution in [3.63, 3.8) is 0 Å². The van der Waals surface area contributed by atoms with Gasteiger partial charge in [0.15, 0.2) is 5.69 Å². The fraction of sp³-hybridized carbons (Fsp3) is 0.125.